The van der Waals surface area contributed by atoms with Crippen LogP contribution in [0.1, 0.15) is 6.92 Å². The highest BCUT2D eigenvalue weighted by atomic mass is 14.7. The third-order valence-electron chi connectivity index (χ3n) is 0.943. The van der Waals surface area contributed by atoms with Crippen LogP contribution >= 0.6 is 0 Å². The minimum Gasteiger partial charge on any atom is -0.401 e. The van der Waals surface area contributed by atoms with E-state index in [1.165, 1.54) is 6.21 Å². The minimum atomic E-state index is 0.335. The van der Waals surface area contributed by atoms with Crippen LogP contribution in [0.2, 0.25) is 0 Å². The molecule has 0 saturated heterocycles. The number of hydrogen-bond acceptors (Lipinski definition) is 3. The van der Waals surface area contributed by atoms with Crippen LogP contribution in [0.15, 0.2) is 11.3 Å². The Morgan fingerprint density at radius 3 is 2.38 bits per heavy atom. The zero-order chi connectivity index (χ0) is 6.57. The van der Waals surface area contributed by atoms with E-state index in [4.69, 9.17) is 16.9 Å². The zero-order valence-electron chi connectivity index (χ0n) is 4.94. The highest BCUT2D eigenvalue weighted by Gasteiger charge is 1.87. The summed E-state index contributed by atoms with van der Waals surface area (Å²) in [5, 5.41) is 6.72. The van der Waals surface area contributed by atoms with Crippen LogP contribution in [0.3, 0.4) is 0 Å². The molecule has 8 heavy (non-hydrogen) atoms. The van der Waals surface area contributed by atoms with Gasteiger partial charge in [-0.2, -0.15) is 0 Å². The summed E-state index contributed by atoms with van der Waals surface area (Å²) in [7, 11) is 0. The third kappa shape index (κ3) is 1.75. The molecule has 0 aromatic rings. The van der Waals surface area contributed by atoms with Crippen LogP contribution in [0.5, 0.6) is 0 Å². The van der Waals surface area contributed by atoms with Crippen molar-refractivity contribution < 1.29 is 0 Å². The second-order valence-corrected chi connectivity index (χ2v) is 1.56. The molecule has 3 nitrogen and oxygen atoms in total. The van der Waals surface area contributed by atoms with Crippen molar-refractivity contribution in [3.63, 3.8) is 0 Å². The zero-order valence-corrected chi connectivity index (χ0v) is 4.94. The lowest BCUT2D eigenvalue weighted by atomic mass is 10.2. The third-order valence-corrected chi connectivity index (χ3v) is 0.943. The van der Waals surface area contributed by atoms with Crippen molar-refractivity contribution in [2.75, 3.05) is 6.54 Å². The molecule has 0 fully saturated rings. The van der Waals surface area contributed by atoms with Gasteiger partial charge >= 0.3 is 0 Å². The summed E-state index contributed by atoms with van der Waals surface area (Å²) in [6, 6.07) is 0. The highest BCUT2D eigenvalue weighted by molar-refractivity contribution is 5.75. The van der Waals surface area contributed by atoms with Gasteiger partial charge in [-0.1, -0.05) is 0 Å². The average molecular weight is 113 g/mol. The van der Waals surface area contributed by atoms with E-state index in [2.05, 4.69) is 0 Å². The number of hydrogen-bond donors (Lipinski definition) is 3. The maximum atomic E-state index is 6.72. The number of nitrogens with one attached hydrogen (secondary N) is 1. The largest absolute Gasteiger partial charge is 0.401 e. The Morgan fingerprint density at radius 2 is 2.25 bits per heavy atom. The van der Waals surface area contributed by atoms with Crippen LogP contribution in [0, 0.1) is 5.41 Å². The Balaban J connectivity index is 4.03. The van der Waals surface area contributed by atoms with E-state index in [0.29, 0.717) is 12.2 Å². The van der Waals surface area contributed by atoms with Gasteiger partial charge < -0.3 is 16.9 Å². The Labute approximate surface area is 48.9 Å². The van der Waals surface area contributed by atoms with Crippen molar-refractivity contribution in [1.29, 1.82) is 5.41 Å². The van der Waals surface area contributed by atoms with Gasteiger partial charge in [0.1, 0.15) is 0 Å². The Hall–Kier alpha value is -0.830. The molecular weight excluding hydrogens is 102 g/mol. The molecule has 0 aliphatic heterocycles. The quantitative estimate of drug-likeness (QED) is 0.435. The van der Waals surface area contributed by atoms with Gasteiger partial charge in [0.2, 0.25) is 0 Å². The van der Waals surface area contributed by atoms with Crippen molar-refractivity contribution in [3.8, 4) is 0 Å². The maximum absolute atomic E-state index is 6.72. The van der Waals surface area contributed by atoms with Gasteiger partial charge in [0, 0.05) is 18.5 Å². The fourth-order valence-corrected chi connectivity index (χ4v) is 0.254. The van der Waals surface area contributed by atoms with Crippen LogP contribution < -0.4 is 11.5 Å². The molecule has 0 unspecified atom stereocenters. The molecule has 0 aromatic heterocycles. The lowest BCUT2D eigenvalue weighted by molar-refractivity contribution is 1.09. The first kappa shape index (κ1) is 7.17. The molecule has 0 aliphatic carbocycles. The first-order chi connectivity index (χ1) is 3.72. The van der Waals surface area contributed by atoms with Crippen LogP contribution in [-0.4, -0.2) is 12.8 Å². The van der Waals surface area contributed by atoms with Gasteiger partial charge in [-0.05, 0) is 12.5 Å². The van der Waals surface area contributed by atoms with Crippen LogP contribution in [-0.2, 0) is 0 Å². The molecule has 0 atom stereocenters. The first-order valence-corrected chi connectivity index (χ1v) is 2.38. The number of rotatable bonds is 2. The lowest BCUT2D eigenvalue weighted by Crippen LogP contribution is -2.13. The summed E-state index contributed by atoms with van der Waals surface area (Å²) < 4.78 is 0. The average Bonchev–Trinajstić information content (AvgIpc) is 1.84. The highest BCUT2D eigenvalue weighted by Crippen LogP contribution is 1.88. The molecule has 0 rings (SSSR count). The van der Waals surface area contributed by atoms with Crippen molar-refractivity contribution in [3.05, 3.63) is 11.3 Å². The molecule has 0 amide bonds. The predicted molar refractivity (Wildman–Crippen MR) is 34.7 cm³/mol. The predicted octanol–water partition coefficient (Wildman–Crippen LogP) is -0.173. The fraction of sp³-hybridized carbons (Fsp3) is 0.400. The van der Waals surface area contributed by atoms with Gasteiger partial charge in [0.05, 0.1) is 0 Å². The SMILES string of the molecule is C/C(C=N)=C(/N)CN. The van der Waals surface area contributed by atoms with Gasteiger partial charge in [0.25, 0.3) is 0 Å². The van der Waals surface area contributed by atoms with E-state index in [1.807, 2.05) is 0 Å². The molecule has 5 N–H and O–H groups in total. The van der Waals surface area contributed by atoms with Crippen molar-refractivity contribution >= 4 is 6.21 Å². The molecule has 3 heteroatoms. The molecule has 46 valence electrons. The first-order valence-electron chi connectivity index (χ1n) is 2.38. The van der Waals surface area contributed by atoms with E-state index >= 15 is 0 Å². The summed E-state index contributed by atoms with van der Waals surface area (Å²) in [5.41, 5.74) is 11.8. The molecule has 0 spiro atoms. The second kappa shape index (κ2) is 3.21. The standard InChI is InChI=1S/C5H11N3/c1-4(2-6)5(8)3-7/h2,6H,3,7-8H2,1H3/b5-4-,6-2?. The van der Waals surface area contributed by atoms with Crippen LogP contribution in [0.25, 0.3) is 0 Å². The maximum Gasteiger partial charge on any atom is 0.0330 e. The summed E-state index contributed by atoms with van der Waals surface area (Å²) in [5.74, 6) is 0. The van der Waals surface area contributed by atoms with E-state index in [0.717, 1.165) is 5.57 Å². The Bertz CT molecular complexity index is 115. The lowest BCUT2D eigenvalue weighted by Gasteiger charge is -1.95. The topological polar surface area (TPSA) is 75.9 Å². The normalized spacial score (nSPS) is 12.8. The molecule has 0 aromatic carbocycles. The monoisotopic (exact) mass is 113 g/mol. The number of allylic oxidation sites excluding steroid dienone is 1. The van der Waals surface area contributed by atoms with Crippen molar-refractivity contribution in [2.45, 2.75) is 6.92 Å². The summed E-state index contributed by atoms with van der Waals surface area (Å²) in [4.78, 5) is 0. The number of nitrogens with two attached hydrogens (primary N) is 2. The van der Waals surface area contributed by atoms with Gasteiger partial charge in [0.15, 0.2) is 0 Å². The van der Waals surface area contributed by atoms with Crippen molar-refractivity contribution in [1.82, 2.24) is 0 Å². The smallest absolute Gasteiger partial charge is 0.0330 e. The summed E-state index contributed by atoms with van der Waals surface area (Å²) in [6.07, 6.45) is 1.20. The molecule has 0 saturated carbocycles. The van der Waals surface area contributed by atoms with E-state index in [1.54, 1.807) is 6.92 Å². The minimum absolute atomic E-state index is 0.335. The van der Waals surface area contributed by atoms with Gasteiger partial charge in [-0.3, -0.25) is 0 Å². The van der Waals surface area contributed by atoms with E-state index in [-0.39, 0.29) is 0 Å². The molecular formula is C5H11N3. The van der Waals surface area contributed by atoms with Gasteiger partial charge in [-0.15, -0.1) is 0 Å². The molecule has 0 aliphatic rings. The van der Waals surface area contributed by atoms with Crippen molar-refractivity contribution in [2.24, 2.45) is 11.5 Å². The van der Waals surface area contributed by atoms with Crippen LogP contribution in [0.4, 0.5) is 0 Å². The summed E-state index contributed by atoms with van der Waals surface area (Å²) in [6.45, 7) is 2.09. The molecule has 0 radical (unpaired) electrons. The molecule has 0 bridgehead atoms. The summed E-state index contributed by atoms with van der Waals surface area (Å²) >= 11 is 0. The Morgan fingerprint density at radius 1 is 1.75 bits per heavy atom. The van der Waals surface area contributed by atoms with E-state index < -0.39 is 0 Å². The Kier molecular flexibility index (Phi) is 2.88. The van der Waals surface area contributed by atoms with Gasteiger partial charge in [-0.25, -0.2) is 0 Å². The fourth-order valence-electron chi connectivity index (χ4n) is 0.254. The second-order valence-electron chi connectivity index (χ2n) is 1.56. The molecule has 0 heterocycles. The van der Waals surface area contributed by atoms with E-state index in [9.17, 15) is 0 Å².